The van der Waals surface area contributed by atoms with Crippen molar-refractivity contribution in [2.45, 2.75) is 31.7 Å². The van der Waals surface area contributed by atoms with Gasteiger partial charge in [-0.25, -0.2) is 4.39 Å². The number of nitrogens with one attached hydrogen (secondary N) is 2. The Hall–Kier alpha value is -2.43. The number of halogens is 1. The lowest BCUT2D eigenvalue weighted by atomic mass is 9.91. The molecule has 1 atom stereocenters. The molecule has 5 heteroatoms. The van der Waals surface area contributed by atoms with Crippen LogP contribution in [0.4, 0.5) is 4.39 Å². The Balaban J connectivity index is 1.73. The Morgan fingerprint density at radius 1 is 1.27 bits per heavy atom. The maximum absolute atomic E-state index is 13.6. The van der Waals surface area contributed by atoms with Gasteiger partial charge < -0.3 is 10.3 Å². The lowest BCUT2D eigenvalue weighted by Crippen LogP contribution is -2.33. The summed E-state index contributed by atoms with van der Waals surface area (Å²) in [6.45, 7) is 0. The second-order valence-corrected chi connectivity index (χ2v) is 5.54. The molecule has 1 aromatic carbocycles. The summed E-state index contributed by atoms with van der Waals surface area (Å²) in [5.41, 5.74) is 2.09. The van der Waals surface area contributed by atoms with E-state index in [1.54, 1.807) is 24.3 Å². The summed E-state index contributed by atoms with van der Waals surface area (Å²) in [5.74, 6) is -0.583. The number of amides is 1. The van der Waals surface area contributed by atoms with Crippen molar-refractivity contribution in [3.63, 3.8) is 0 Å². The number of H-pyrrole nitrogens is 1. The molecule has 1 amide bonds. The highest BCUT2D eigenvalue weighted by atomic mass is 19.1. The number of benzene rings is 1. The van der Waals surface area contributed by atoms with Gasteiger partial charge in [-0.2, -0.15) is 0 Å². The Morgan fingerprint density at radius 2 is 2.09 bits per heavy atom. The van der Waals surface area contributed by atoms with Gasteiger partial charge >= 0.3 is 0 Å². The molecule has 1 aliphatic rings. The predicted octanol–water partition coefficient (Wildman–Crippen LogP) is 2.25. The number of fused-ring (bicyclic) bond motifs is 1. The molecule has 0 radical (unpaired) electrons. The van der Waals surface area contributed by atoms with E-state index < -0.39 is 0 Å². The third-order valence-electron chi connectivity index (χ3n) is 3.98. The Morgan fingerprint density at radius 3 is 2.91 bits per heavy atom. The highest BCUT2D eigenvalue weighted by molar-refractivity contribution is 5.79. The molecular weight excluding hydrogens is 283 g/mol. The molecule has 0 saturated heterocycles. The van der Waals surface area contributed by atoms with E-state index in [-0.39, 0.29) is 29.7 Å². The average Bonchev–Trinajstić information content (AvgIpc) is 2.49. The van der Waals surface area contributed by atoms with Gasteiger partial charge in [0.2, 0.25) is 11.5 Å². The molecule has 4 nitrogen and oxygen atoms in total. The molecule has 2 N–H and O–H groups in total. The minimum atomic E-state index is -0.369. The van der Waals surface area contributed by atoms with Crippen LogP contribution in [0.2, 0.25) is 0 Å². The zero-order valence-corrected chi connectivity index (χ0v) is 12.1. The monoisotopic (exact) mass is 300 g/mol. The standard InChI is InChI=1S/C17H17FN2O2/c18-13-5-2-1-4-11(13)10-17(22)20-15-7-3-6-14-12(15)8-9-16(21)19-14/h1-2,4-5,8-9,15H,3,6-7,10H2,(H,19,21)(H,20,22)/t15-/m1/s1. The molecular formula is C17H17FN2O2. The normalized spacial score (nSPS) is 16.9. The molecule has 2 aromatic rings. The first kappa shape index (κ1) is 14.5. The molecule has 1 aliphatic carbocycles. The number of carbonyl (C=O) groups is 1. The Bertz CT molecular complexity index is 754. The minimum absolute atomic E-state index is 0.0157. The van der Waals surface area contributed by atoms with Crippen molar-refractivity contribution in [3.05, 3.63) is 69.4 Å². The third kappa shape index (κ3) is 3.08. The van der Waals surface area contributed by atoms with E-state index >= 15 is 0 Å². The van der Waals surface area contributed by atoms with Crippen LogP contribution in [0, 0.1) is 5.82 Å². The lowest BCUT2D eigenvalue weighted by Gasteiger charge is -2.26. The molecule has 1 heterocycles. The minimum Gasteiger partial charge on any atom is -0.349 e. The van der Waals surface area contributed by atoms with Crippen LogP contribution in [0.1, 0.15) is 35.7 Å². The van der Waals surface area contributed by atoms with Crippen molar-refractivity contribution in [2.24, 2.45) is 0 Å². The van der Waals surface area contributed by atoms with Gasteiger partial charge in [-0.05, 0) is 42.5 Å². The lowest BCUT2D eigenvalue weighted by molar-refractivity contribution is -0.121. The maximum Gasteiger partial charge on any atom is 0.248 e. The summed E-state index contributed by atoms with van der Waals surface area (Å²) in [5, 5.41) is 2.94. The highest BCUT2D eigenvalue weighted by Crippen LogP contribution is 2.27. The first-order chi connectivity index (χ1) is 10.6. The van der Waals surface area contributed by atoms with E-state index in [4.69, 9.17) is 0 Å². The fourth-order valence-corrected chi connectivity index (χ4v) is 2.91. The molecule has 3 rings (SSSR count). The van der Waals surface area contributed by atoms with Crippen LogP contribution in [-0.4, -0.2) is 10.9 Å². The van der Waals surface area contributed by atoms with Crippen molar-refractivity contribution in [3.8, 4) is 0 Å². The zero-order valence-electron chi connectivity index (χ0n) is 12.1. The van der Waals surface area contributed by atoms with Crippen molar-refractivity contribution in [1.82, 2.24) is 10.3 Å². The van der Waals surface area contributed by atoms with Crippen LogP contribution >= 0.6 is 0 Å². The molecule has 1 aromatic heterocycles. The molecule has 0 aliphatic heterocycles. The number of carbonyl (C=O) groups excluding carboxylic acids is 1. The molecule has 114 valence electrons. The first-order valence-corrected chi connectivity index (χ1v) is 7.38. The van der Waals surface area contributed by atoms with E-state index in [2.05, 4.69) is 10.3 Å². The molecule has 0 bridgehead atoms. The van der Waals surface area contributed by atoms with E-state index in [0.29, 0.717) is 5.56 Å². The van der Waals surface area contributed by atoms with Crippen molar-refractivity contribution < 1.29 is 9.18 Å². The van der Waals surface area contributed by atoms with Crippen LogP contribution in [0.5, 0.6) is 0 Å². The number of hydrogen-bond acceptors (Lipinski definition) is 2. The van der Waals surface area contributed by atoms with E-state index in [1.807, 2.05) is 0 Å². The van der Waals surface area contributed by atoms with Gasteiger partial charge in [0, 0.05) is 11.8 Å². The maximum atomic E-state index is 13.6. The van der Waals surface area contributed by atoms with E-state index in [0.717, 1.165) is 30.5 Å². The van der Waals surface area contributed by atoms with Crippen molar-refractivity contribution in [2.75, 3.05) is 0 Å². The number of pyridine rings is 1. The molecule has 22 heavy (non-hydrogen) atoms. The number of rotatable bonds is 3. The summed E-state index contributed by atoms with van der Waals surface area (Å²) in [4.78, 5) is 26.3. The van der Waals surface area contributed by atoms with Crippen LogP contribution in [-0.2, 0) is 17.6 Å². The smallest absolute Gasteiger partial charge is 0.248 e. The van der Waals surface area contributed by atoms with Gasteiger partial charge in [0.15, 0.2) is 0 Å². The average molecular weight is 300 g/mol. The zero-order chi connectivity index (χ0) is 15.5. The Kier molecular flexibility index (Phi) is 4.04. The number of aromatic amines is 1. The largest absolute Gasteiger partial charge is 0.349 e. The number of hydrogen-bond donors (Lipinski definition) is 2. The third-order valence-corrected chi connectivity index (χ3v) is 3.98. The van der Waals surface area contributed by atoms with Gasteiger partial charge in [0.05, 0.1) is 12.5 Å². The Labute approximate surface area is 127 Å². The summed E-state index contributed by atoms with van der Waals surface area (Å²) in [6, 6.07) is 9.39. The van der Waals surface area contributed by atoms with Crippen LogP contribution in [0.3, 0.4) is 0 Å². The first-order valence-electron chi connectivity index (χ1n) is 7.38. The van der Waals surface area contributed by atoms with Crippen LogP contribution in [0.25, 0.3) is 0 Å². The second-order valence-electron chi connectivity index (χ2n) is 5.54. The fourth-order valence-electron chi connectivity index (χ4n) is 2.91. The topological polar surface area (TPSA) is 62.0 Å². The number of aromatic nitrogens is 1. The van der Waals surface area contributed by atoms with Crippen LogP contribution in [0.15, 0.2) is 41.2 Å². The molecule has 0 fully saturated rings. The summed E-state index contributed by atoms with van der Waals surface area (Å²) in [7, 11) is 0. The molecule has 0 unspecified atom stereocenters. The predicted molar refractivity (Wildman–Crippen MR) is 81.0 cm³/mol. The van der Waals surface area contributed by atoms with Gasteiger partial charge in [-0.15, -0.1) is 0 Å². The fraction of sp³-hybridized carbons (Fsp3) is 0.294. The van der Waals surface area contributed by atoms with Crippen molar-refractivity contribution >= 4 is 5.91 Å². The van der Waals surface area contributed by atoms with Gasteiger partial charge in [0.1, 0.15) is 5.82 Å². The quantitative estimate of drug-likeness (QED) is 0.913. The summed E-state index contributed by atoms with van der Waals surface area (Å²) < 4.78 is 13.6. The summed E-state index contributed by atoms with van der Waals surface area (Å²) in [6.07, 6.45) is 2.55. The molecule has 0 spiro atoms. The van der Waals surface area contributed by atoms with Gasteiger partial charge in [0.25, 0.3) is 0 Å². The molecule has 0 saturated carbocycles. The SMILES string of the molecule is O=C(Cc1ccccc1F)N[C@@H]1CCCc2[nH]c(=O)ccc21. The van der Waals surface area contributed by atoms with Crippen molar-refractivity contribution in [1.29, 1.82) is 0 Å². The van der Waals surface area contributed by atoms with Crippen LogP contribution < -0.4 is 10.9 Å². The van der Waals surface area contributed by atoms with E-state index in [1.165, 1.54) is 12.1 Å². The highest BCUT2D eigenvalue weighted by Gasteiger charge is 2.22. The second kappa shape index (κ2) is 6.13. The van der Waals surface area contributed by atoms with E-state index in [9.17, 15) is 14.0 Å². The summed E-state index contributed by atoms with van der Waals surface area (Å²) >= 11 is 0. The van der Waals surface area contributed by atoms with Gasteiger partial charge in [-0.1, -0.05) is 18.2 Å². The number of aryl methyl sites for hydroxylation is 1. The van der Waals surface area contributed by atoms with Gasteiger partial charge in [-0.3, -0.25) is 9.59 Å².